The Balaban J connectivity index is 1.50. The zero-order valence-electron chi connectivity index (χ0n) is 17.7. The fourth-order valence-corrected chi connectivity index (χ4v) is 3.51. The van der Waals surface area contributed by atoms with Crippen molar-refractivity contribution in [2.75, 3.05) is 37.6 Å². The largest absolute Gasteiger partial charge is 0.369 e. The van der Waals surface area contributed by atoms with Gasteiger partial charge in [0.1, 0.15) is 0 Å². The lowest BCUT2D eigenvalue weighted by Gasteiger charge is -2.36. The molecule has 1 fully saturated rings. The molecule has 4 heteroatoms. The highest BCUT2D eigenvalue weighted by atomic mass is 16.1. The summed E-state index contributed by atoms with van der Waals surface area (Å²) in [6.07, 6.45) is 0. The predicted molar refractivity (Wildman–Crippen MR) is 117 cm³/mol. The van der Waals surface area contributed by atoms with E-state index in [9.17, 15) is 4.79 Å². The lowest BCUT2D eigenvalue weighted by molar-refractivity contribution is 0.0949. The van der Waals surface area contributed by atoms with Crippen molar-refractivity contribution >= 4 is 11.6 Å². The van der Waals surface area contributed by atoms with Crippen LogP contribution in [-0.2, 0) is 6.54 Å². The van der Waals surface area contributed by atoms with Crippen LogP contribution in [-0.4, -0.2) is 43.5 Å². The van der Waals surface area contributed by atoms with Gasteiger partial charge in [0.25, 0.3) is 5.91 Å². The lowest BCUT2D eigenvalue weighted by atomic mass is 10.1. The van der Waals surface area contributed by atoms with Crippen molar-refractivity contribution in [1.29, 1.82) is 0 Å². The molecular formula is C24H33N3O. The fourth-order valence-electron chi connectivity index (χ4n) is 3.51. The molecule has 2 aromatic carbocycles. The lowest BCUT2D eigenvalue weighted by Crippen LogP contribution is -2.46. The van der Waals surface area contributed by atoms with Crippen LogP contribution in [0.15, 0.2) is 42.5 Å². The molecule has 0 saturated carbocycles. The first-order valence-corrected chi connectivity index (χ1v) is 10.3. The number of anilines is 1. The fraction of sp³-hybridized carbons (Fsp3) is 0.458. The minimum atomic E-state index is 0.0160. The number of benzene rings is 2. The molecule has 2 aromatic rings. The number of carbonyl (C=O) groups excluding carboxylic acids is 1. The molecule has 28 heavy (non-hydrogen) atoms. The molecule has 1 heterocycles. The van der Waals surface area contributed by atoms with E-state index >= 15 is 0 Å². The average molecular weight is 380 g/mol. The van der Waals surface area contributed by atoms with Crippen LogP contribution in [0.4, 0.5) is 5.69 Å². The summed E-state index contributed by atoms with van der Waals surface area (Å²) in [5.74, 6) is 0.480. The maximum absolute atomic E-state index is 12.1. The van der Waals surface area contributed by atoms with Crippen molar-refractivity contribution in [2.45, 2.75) is 34.2 Å². The van der Waals surface area contributed by atoms with E-state index in [0.29, 0.717) is 12.5 Å². The van der Waals surface area contributed by atoms with Gasteiger partial charge in [-0.25, -0.2) is 0 Å². The quantitative estimate of drug-likeness (QED) is 0.824. The number of piperazine rings is 1. The number of aryl methyl sites for hydroxylation is 2. The van der Waals surface area contributed by atoms with E-state index in [1.807, 2.05) is 12.1 Å². The van der Waals surface area contributed by atoms with Crippen molar-refractivity contribution in [2.24, 2.45) is 5.92 Å². The van der Waals surface area contributed by atoms with E-state index in [1.54, 1.807) is 0 Å². The molecule has 0 atom stereocenters. The summed E-state index contributed by atoms with van der Waals surface area (Å²) in [4.78, 5) is 17.1. The maximum Gasteiger partial charge on any atom is 0.251 e. The topological polar surface area (TPSA) is 35.6 Å². The van der Waals surface area contributed by atoms with Crippen LogP contribution in [0.3, 0.4) is 0 Å². The van der Waals surface area contributed by atoms with Gasteiger partial charge in [-0.2, -0.15) is 0 Å². The van der Waals surface area contributed by atoms with E-state index in [0.717, 1.165) is 38.3 Å². The van der Waals surface area contributed by atoms with E-state index in [-0.39, 0.29) is 5.91 Å². The van der Waals surface area contributed by atoms with Gasteiger partial charge in [0, 0.05) is 50.5 Å². The molecule has 1 amide bonds. The van der Waals surface area contributed by atoms with Crippen LogP contribution in [0, 0.1) is 19.8 Å². The molecule has 1 aliphatic heterocycles. The monoisotopic (exact) mass is 379 g/mol. The minimum Gasteiger partial charge on any atom is -0.369 e. The zero-order chi connectivity index (χ0) is 20.1. The second-order valence-corrected chi connectivity index (χ2v) is 8.33. The van der Waals surface area contributed by atoms with Crippen molar-refractivity contribution < 1.29 is 4.79 Å². The molecule has 0 bridgehead atoms. The Kier molecular flexibility index (Phi) is 6.74. The molecule has 0 aliphatic carbocycles. The smallest absolute Gasteiger partial charge is 0.251 e. The summed E-state index contributed by atoms with van der Waals surface area (Å²) < 4.78 is 0. The Morgan fingerprint density at radius 1 is 0.964 bits per heavy atom. The van der Waals surface area contributed by atoms with Gasteiger partial charge in [0.2, 0.25) is 0 Å². The predicted octanol–water partition coefficient (Wildman–Crippen LogP) is 4.01. The number of nitrogens with one attached hydrogen (secondary N) is 1. The van der Waals surface area contributed by atoms with Gasteiger partial charge in [-0.15, -0.1) is 0 Å². The summed E-state index contributed by atoms with van der Waals surface area (Å²) in [5, 5.41) is 2.97. The summed E-state index contributed by atoms with van der Waals surface area (Å²) in [5.41, 5.74) is 6.05. The molecular weight excluding hydrogens is 346 g/mol. The highest BCUT2D eigenvalue weighted by molar-refractivity contribution is 5.94. The first kappa shape index (κ1) is 20.4. The van der Waals surface area contributed by atoms with Crippen molar-refractivity contribution in [1.82, 2.24) is 10.2 Å². The van der Waals surface area contributed by atoms with Crippen molar-refractivity contribution in [3.05, 3.63) is 64.7 Å². The van der Waals surface area contributed by atoms with E-state index in [4.69, 9.17) is 0 Å². The van der Waals surface area contributed by atoms with E-state index in [2.05, 4.69) is 73.1 Å². The number of carbonyl (C=O) groups is 1. The molecule has 1 N–H and O–H groups in total. The van der Waals surface area contributed by atoms with Crippen LogP contribution in [0.25, 0.3) is 0 Å². The SMILES string of the molecule is Cc1ccc(N2CCN(Cc3ccc(C(=O)NCC(C)C)cc3)CC2)cc1C. The van der Waals surface area contributed by atoms with Crippen molar-refractivity contribution in [3.8, 4) is 0 Å². The Morgan fingerprint density at radius 3 is 2.25 bits per heavy atom. The number of hydrogen-bond donors (Lipinski definition) is 1. The zero-order valence-corrected chi connectivity index (χ0v) is 17.7. The van der Waals surface area contributed by atoms with Gasteiger partial charge in [-0.05, 0) is 60.7 Å². The van der Waals surface area contributed by atoms with Crippen LogP contribution < -0.4 is 10.2 Å². The molecule has 4 nitrogen and oxygen atoms in total. The molecule has 0 aromatic heterocycles. The van der Waals surface area contributed by atoms with Crippen LogP contribution >= 0.6 is 0 Å². The third-order valence-electron chi connectivity index (χ3n) is 5.52. The molecule has 0 unspecified atom stereocenters. The summed E-state index contributed by atoms with van der Waals surface area (Å²) in [6, 6.07) is 14.8. The van der Waals surface area contributed by atoms with Crippen molar-refractivity contribution in [3.63, 3.8) is 0 Å². The van der Waals surface area contributed by atoms with Gasteiger partial charge in [-0.3, -0.25) is 9.69 Å². The number of nitrogens with zero attached hydrogens (tertiary/aromatic N) is 2. The molecule has 0 spiro atoms. The standard InChI is InChI=1S/C24H33N3O/c1-18(2)16-25-24(28)22-8-6-21(7-9-22)17-26-11-13-27(14-12-26)23-10-5-19(3)20(4)15-23/h5-10,15,18H,11-14,16-17H2,1-4H3,(H,25,28). The molecule has 1 aliphatic rings. The Labute approximate surface area is 169 Å². The third-order valence-corrected chi connectivity index (χ3v) is 5.52. The Bertz CT molecular complexity index is 790. The van der Waals surface area contributed by atoms with E-state index < -0.39 is 0 Å². The molecule has 1 saturated heterocycles. The first-order chi connectivity index (χ1) is 13.4. The summed E-state index contributed by atoms with van der Waals surface area (Å²) >= 11 is 0. The first-order valence-electron chi connectivity index (χ1n) is 10.3. The van der Waals surface area contributed by atoms with Gasteiger partial charge >= 0.3 is 0 Å². The van der Waals surface area contributed by atoms with Crippen LogP contribution in [0.1, 0.15) is 40.9 Å². The summed E-state index contributed by atoms with van der Waals surface area (Å²) in [7, 11) is 0. The van der Waals surface area contributed by atoms with Gasteiger partial charge in [-0.1, -0.05) is 32.0 Å². The highest BCUT2D eigenvalue weighted by Gasteiger charge is 2.18. The van der Waals surface area contributed by atoms with Crippen LogP contribution in [0.2, 0.25) is 0 Å². The second kappa shape index (κ2) is 9.24. The maximum atomic E-state index is 12.1. The normalized spacial score (nSPS) is 15.1. The summed E-state index contributed by atoms with van der Waals surface area (Å²) in [6.45, 7) is 14.4. The van der Waals surface area contributed by atoms with Crippen LogP contribution in [0.5, 0.6) is 0 Å². The number of hydrogen-bond acceptors (Lipinski definition) is 3. The van der Waals surface area contributed by atoms with Gasteiger partial charge in [0.05, 0.1) is 0 Å². The average Bonchev–Trinajstić information content (AvgIpc) is 2.69. The minimum absolute atomic E-state index is 0.0160. The van der Waals surface area contributed by atoms with Gasteiger partial charge in [0.15, 0.2) is 0 Å². The number of amides is 1. The molecule has 0 radical (unpaired) electrons. The third kappa shape index (κ3) is 5.35. The van der Waals surface area contributed by atoms with E-state index in [1.165, 1.54) is 22.4 Å². The van der Waals surface area contributed by atoms with Gasteiger partial charge < -0.3 is 10.2 Å². The Hall–Kier alpha value is -2.33. The highest BCUT2D eigenvalue weighted by Crippen LogP contribution is 2.21. The Morgan fingerprint density at radius 2 is 1.64 bits per heavy atom. The molecule has 3 rings (SSSR count). The second-order valence-electron chi connectivity index (χ2n) is 8.33. The molecule has 150 valence electrons. The number of rotatable bonds is 6.